The predicted octanol–water partition coefficient (Wildman–Crippen LogP) is 1.54. The summed E-state index contributed by atoms with van der Waals surface area (Å²) < 4.78 is 28.7. The van der Waals surface area contributed by atoms with Crippen LogP contribution in [-0.4, -0.2) is 37.7 Å². The molecule has 0 bridgehead atoms. The van der Waals surface area contributed by atoms with E-state index in [9.17, 15) is 8.42 Å². The van der Waals surface area contributed by atoms with Gasteiger partial charge in [-0.05, 0) is 44.5 Å². The Hall–Kier alpha value is -1.51. The van der Waals surface area contributed by atoms with E-state index >= 15 is 0 Å². The van der Waals surface area contributed by atoms with Crippen molar-refractivity contribution in [2.75, 3.05) is 19.0 Å². The molecule has 0 aliphatic rings. The topological polar surface area (TPSA) is 63.6 Å². The smallest absolute Gasteiger partial charge is 0.155 e. The Morgan fingerprint density at radius 2 is 2.05 bits per heavy atom. The van der Waals surface area contributed by atoms with Crippen LogP contribution >= 0.6 is 0 Å². The van der Waals surface area contributed by atoms with Crippen LogP contribution in [-0.2, 0) is 9.84 Å². The fraction of sp³-hybridized carbons (Fsp3) is 0.467. The number of rotatable bonds is 5. The molecule has 1 aromatic carbocycles. The van der Waals surface area contributed by atoms with Crippen LogP contribution in [0.15, 0.2) is 18.2 Å². The van der Waals surface area contributed by atoms with Crippen LogP contribution in [0.3, 0.4) is 0 Å². The summed E-state index contributed by atoms with van der Waals surface area (Å²) in [5.41, 5.74) is 1.75. The lowest BCUT2D eigenvalue weighted by atomic mass is 10.1. The highest BCUT2D eigenvalue weighted by molar-refractivity contribution is 7.91. The quantitative estimate of drug-likeness (QED) is 0.837. The van der Waals surface area contributed by atoms with E-state index in [2.05, 4.69) is 11.8 Å². The second kappa shape index (κ2) is 7.32. The van der Waals surface area contributed by atoms with Crippen LogP contribution in [0.2, 0.25) is 0 Å². The van der Waals surface area contributed by atoms with Gasteiger partial charge < -0.3 is 9.84 Å². The van der Waals surface area contributed by atoms with Crippen molar-refractivity contribution in [3.05, 3.63) is 29.3 Å². The first kappa shape index (κ1) is 16.5. The van der Waals surface area contributed by atoms with Gasteiger partial charge in [0.05, 0.1) is 11.0 Å². The number of hydrogen-bond donors (Lipinski definition) is 1. The largest absolute Gasteiger partial charge is 0.493 e. The summed E-state index contributed by atoms with van der Waals surface area (Å²) >= 11 is 0. The molecule has 0 radical (unpaired) electrons. The van der Waals surface area contributed by atoms with Crippen LogP contribution in [0.25, 0.3) is 0 Å². The molecule has 0 spiro atoms. The van der Waals surface area contributed by atoms with Crippen molar-refractivity contribution < 1.29 is 18.3 Å². The predicted molar refractivity (Wildman–Crippen MR) is 79.6 cm³/mol. The normalized spacial score (nSPS) is 11.1. The lowest BCUT2D eigenvalue weighted by Crippen LogP contribution is -2.22. The molecule has 0 heterocycles. The van der Waals surface area contributed by atoms with E-state index in [0.29, 0.717) is 5.75 Å². The minimum atomic E-state index is -3.07. The van der Waals surface area contributed by atoms with Crippen molar-refractivity contribution in [1.29, 1.82) is 0 Å². The fourth-order valence-electron chi connectivity index (χ4n) is 1.51. The third-order valence-electron chi connectivity index (χ3n) is 2.85. The van der Waals surface area contributed by atoms with Gasteiger partial charge in [-0.3, -0.25) is 0 Å². The molecule has 0 aliphatic heterocycles. The van der Waals surface area contributed by atoms with Gasteiger partial charge in [0.15, 0.2) is 9.84 Å². The Morgan fingerprint density at radius 3 is 2.60 bits per heavy atom. The van der Waals surface area contributed by atoms with Crippen LogP contribution in [0, 0.1) is 18.8 Å². The Morgan fingerprint density at radius 1 is 1.35 bits per heavy atom. The summed E-state index contributed by atoms with van der Waals surface area (Å²) in [5.74, 6) is 6.05. The lowest BCUT2D eigenvalue weighted by molar-refractivity contribution is 0.340. The third kappa shape index (κ3) is 4.87. The number of hydrogen-bond acceptors (Lipinski definition) is 4. The molecule has 0 unspecified atom stereocenters. The highest BCUT2D eigenvalue weighted by Crippen LogP contribution is 2.16. The van der Waals surface area contributed by atoms with Crippen LogP contribution in [0.4, 0.5) is 0 Å². The summed E-state index contributed by atoms with van der Waals surface area (Å²) in [4.78, 5) is 0. The molecule has 1 aromatic rings. The molecule has 1 N–H and O–H groups in total. The van der Waals surface area contributed by atoms with Gasteiger partial charge in [-0.2, -0.15) is 0 Å². The zero-order chi connectivity index (χ0) is 15.2. The van der Waals surface area contributed by atoms with Crippen molar-refractivity contribution in [1.82, 2.24) is 0 Å². The Kier molecular flexibility index (Phi) is 6.05. The molecule has 0 saturated carbocycles. The average molecular weight is 296 g/mol. The second-order valence-electron chi connectivity index (χ2n) is 4.70. The van der Waals surface area contributed by atoms with Gasteiger partial charge in [0.1, 0.15) is 19.0 Å². The summed E-state index contributed by atoms with van der Waals surface area (Å²) in [5, 5.41) is 8.27. The highest BCUT2D eigenvalue weighted by atomic mass is 32.2. The van der Waals surface area contributed by atoms with E-state index in [4.69, 9.17) is 9.84 Å². The first-order valence-electron chi connectivity index (χ1n) is 6.41. The zero-order valence-electron chi connectivity index (χ0n) is 12.0. The van der Waals surface area contributed by atoms with E-state index < -0.39 is 9.84 Å². The Balaban J connectivity index is 2.65. The molecule has 0 amide bonds. The maximum atomic E-state index is 11.6. The molecule has 20 heavy (non-hydrogen) atoms. The number of sulfone groups is 1. The van der Waals surface area contributed by atoms with Gasteiger partial charge in [0.2, 0.25) is 0 Å². The second-order valence-corrected chi connectivity index (χ2v) is 7.38. The number of aliphatic hydroxyl groups is 1. The highest BCUT2D eigenvalue weighted by Gasteiger charge is 2.15. The minimum Gasteiger partial charge on any atom is -0.493 e. The molecule has 5 heteroatoms. The number of aryl methyl sites for hydroxylation is 1. The maximum Gasteiger partial charge on any atom is 0.155 e. The first-order chi connectivity index (χ1) is 9.36. The van der Waals surface area contributed by atoms with Gasteiger partial charge in [0.25, 0.3) is 0 Å². The van der Waals surface area contributed by atoms with Gasteiger partial charge in [0, 0.05) is 5.56 Å². The standard InChI is InChI=1S/C15H20O4S/c1-12(2)20(17,18)10-9-19-15-7-6-14(5-4-8-16)13(3)11-15/h6-7,11-12,16H,8-10H2,1-3H3. The van der Waals surface area contributed by atoms with Crippen LogP contribution in [0.1, 0.15) is 25.0 Å². The van der Waals surface area contributed by atoms with Gasteiger partial charge in [-0.15, -0.1) is 0 Å². The molecule has 1 rings (SSSR count). The summed E-state index contributed by atoms with van der Waals surface area (Å²) in [7, 11) is -3.07. The lowest BCUT2D eigenvalue weighted by Gasteiger charge is -2.10. The zero-order valence-corrected chi connectivity index (χ0v) is 12.8. The van der Waals surface area contributed by atoms with E-state index in [1.165, 1.54) is 0 Å². The van der Waals surface area contributed by atoms with Crippen molar-refractivity contribution >= 4 is 9.84 Å². The summed E-state index contributed by atoms with van der Waals surface area (Å²) in [6.07, 6.45) is 0. The van der Waals surface area contributed by atoms with E-state index in [-0.39, 0.29) is 24.2 Å². The summed E-state index contributed by atoms with van der Waals surface area (Å²) in [6.45, 7) is 5.17. The van der Waals surface area contributed by atoms with Gasteiger partial charge in [-0.25, -0.2) is 8.42 Å². The van der Waals surface area contributed by atoms with Crippen molar-refractivity contribution in [2.45, 2.75) is 26.0 Å². The van der Waals surface area contributed by atoms with Gasteiger partial charge in [-0.1, -0.05) is 11.8 Å². The number of benzene rings is 1. The minimum absolute atomic E-state index is 0.00971. The Bertz CT molecular complexity index is 606. The molecule has 0 fully saturated rings. The summed E-state index contributed by atoms with van der Waals surface area (Å²) in [6, 6.07) is 5.35. The SMILES string of the molecule is Cc1cc(OCCS(=O)(=O)C(C)C)ccc1C#CCO. The van der Waals surface area contributed by atoms with Crippen molar-refractivity contribution in [3.8, 4) is 17.6 Å². The fourth-order valence-corrected chi connectivity index (χ4v) is 2.30. The molecule has 0 saturated heterocycles. The number of ether oxygens (including phenoxy) is 1. The first-order valence-corrected chi connectivity index (χ1v) is 8.13. The molecular weight excluding hydrogens is 276 g/mol. The van der Waals surface area contributed by atoms with E-state index in [1.807, 2.05) is 13.0 Å². The van der Waals surface area contributed by atoms with Crippen LogP contribution < -0.4 is 4.74 Å². The molecule has 0 aliphatic carbocycles. The van der Waals surface area contributed by atoms with E-state index in [0.717, 1.165) is 11.1 Å². The molecule has 4 nitrogen and oxygen atoms in total. The monoisotopic (exact) mass is 296 g/mol. The van der Waals surface area contributed by atoms with Crippen LogP contribution in [0.5, 0.6) is 5.75 Å². The molecule has 0 atom stereocenters. The van der Waals surface area contributed by atoms with E-state index in [1.54, 1.807) is 26.0 Å². The molecule has 110 valence electrons. The third-order valence-corrected chi connectivity index (χ3v) is 5.03. The Labute approximate surface area is 120 Å². The van der Waals surface area contributed by atoms with Gasteiger partial charge >= 0.3 is 0 Å². The average Bonchev–Trinajstić information content (AvgIpc) is 2.37. The number of aliphatic hydroxyl groups excluding tert-OH is 1. The molecule has 0 aromatic heterocycles. The van der Waals surface area contributed by atoms with Crippen molar-refractivity contribution in [2.24, 2.45) is 0 Å². The van der Waals surface area contributed by atoms with Crippen molar-refractivity contribution in [3.63, 3.8) is 0 Å². The molecular formula is C15H20O4S. The maximum absolute atomic E-state index is 11.6.